The fraction of sp³-hybridized carbons (Fsp3) is 0.565. The van der Waals surface area contributed by atoms with Crippen molar-refractivity contribution in [2.45, 2.75) is 51.1 Å². The van der Waals surface area contributed by atoms with E-state index in [0.29, 0.717) is 30.6 Å². The summed E-state index contributed by atoms with van der Waals surface area (Å²) in [4.78, 5) is 30.8. The van der Waals surface area contributed by atoms with Crippen molar-refractivity contribution < 1.29 is 19.1 Å². The summed E-state index contributed by atoms with van der Waals surface area (Å²) in [6.07, 6.45) is 4.45. The largest absolute Gasteiger partial charge is 0.452 e. The van der Waals surface area contributed by atoms with Gasteiger partial charge in [-0.15, -0.1) is 6.58 Å². The molecule has 1 aromatic carbocycles. The van der Waals surface area contributed by atoms with Gasteiger partial charge in [-0.3, -0.25) is 9.80 Å². The highest BCUT2D eigenvalue weighted by Gasteiger charge is 2.37. The number of fused-ring (bicyclic) bond motifs is 1. The maximum absolute atomic E-state index is 12.7. The second-order valence-electron chi connectivity index (χ2n) is 8.14. The lowest BCUT2D eigenvalue weighted by atomic mass is 9.93. The van der Waals surface area contributed by atoms with E-state index in [0.717, 1.165) is 18.5 Å². The topological polar surface area (TPSA) is 62.3 Å². The maximum Gasteiger partial charge on any atom is 0.414 e. The summed E-state index contributed by atoms with van der Waals surface area (Å²) in [6.45, 7) is 9.18. The zero-order valence-electron chi connectivity index (χ0n) is 18.5. The number of nitrogens with zero attached hydrogens (tertiary/aromatic N) is 3. The first-order valence-electron chi connectivity index (χ1n) is 10.7. The average Bonchev–Trinajstić information content (AvgIpc) is 3.57. The molecule has 1 unspecified atom stereocenters. The molecule has 0 aromatic heterocycles. The molecule has 1 aliphatic carbocycles. The van der Waals surface area contributed by atoms with Crippen molar-refractivity contribution in [3.8, 4) is 0 Å². The van der Waals surface area contributed by atoms with E-state index in [1.165, 1.54) is 20.0 Å². The van der Waals surface area contributed by atoms with Gasteiger partial charge in [-0.25, -0.2) is 9.59 Å². The van der Waals surface area contributed by atoms with Crippen LogP contribution in [0.3, 0.4) is 0 Å². The lowest BCUT2D eigenvalue weighted by Crippen LogP contribution is -2.52. The van der Waals surface area contributed by atoms with Crippen molar-refractivity contribution in [1.29, 1.82) is 0 Å². The number of ether oxygens (including phenoxy) is 2. The van der Waals surface area contributed by atoms with E-state index in [9.17, 15) is 9.59 Å². The molecule has 2 aliphatic rings. The minimum absolute atomic E-state index is 0.231. The molecule has 7 heteroatoms. The molecule has 3 rings (SSSR count). The first-order valence-corrected chi connectivity index (χ1v) is 10.7. The van der Waals surface area contributed by atoms with Crippen molar-refractivity contribution in [3.63, 3.8) is 0 Å². The van der Waals surface area contributed by atoms with Crippen LogP contribution in [0.15, 0.2) is 30.9 Å². The molecule has 1 fully saturated rings. The number of methoxy groups -OCH3 is 1. The van der Waals surface area contributed by atoms with Crippen LogP contribution in [0.4, 0.5) is 21.0 Å². The fourth-order valence-corrected chi connectivity index (χ4v) is 4.18. The van der Waals surface area contributed by atoms with Crippen molar-refractivity contribution in [3.05, 3.63) is 36.4 Å². The number of amides is 2. The van der Waals surface area contributed by atoms with Gasteiger partial charge in [-0.2, -0.15) is 0 Å². The number of likely N-dealkylation sites (N-methyl/N-ethyl adjacent to an activating group) is 1. The normalized spacial score (nSPS) is 19.3. The Labute approximate surface area is 179 Å². The summed E-state index contributed by atoms with van der Waals surface area (Å²) >= 11 is 0. The predicted octanol–water partition coefficient (Wildman–Crippen LogP) is 4.38. The molecule has 2 amide bonds. The van der Waals surface area contributed by atoms with Crippen LogP contribution in [0, 0.1) is 0 Å². The van der Waals surface area contributed by atoms with Gasteiger partial charge in [0.15, 0.2) is 0 Å². The lowest BCUT2D eigenvalue weighted by molar-refractivity contribution is 0.157. The van der Waals surface area contributed by atoms with Crippen LogP contribution >= 0.6 is 0 Å². The van der Waals surface area contributed by atoms with E-state index in [-0.39, 0.29) is 12.0 Å². The number of anilines is 2. The summed E-state index contributed by atoms with van der Waals surface area (Å²) in [7, 11) is 3.53. The van der Waals surface area contributed by atoms with E-state index in [4.69, 9.17) is 9.47 Å². The van der Waals surface area contributed by atoms with Gasteiger partial charge in [-0.05, 0) is 57.9 Å². The summed E-state index contributed by atoms with van der Waals surface area (Å²) in [6, 6.07) is 6.41. The number of hydrogen-bond donors (Lipinski definition) is 0. The van der Waals surface area contributed by atoms with Crippen LogP contribution in [0.25, 0.3) is 0 Å². The Balaban J connectivity index is 1.99. The van der Waals surface area contributed by atoms with Crippen molar-refractivity contribution in [2.75, 3.05) is 43.7 Å². The van der Waals surface area contributed by atoms with Crippen molar-refractivity contribution in [1.82, 2.24) is 4.90 Å². The van der Waals surface area contributed by atoms with Crippen molar-refractivity contribution in [2.24, 2.45) is 0 Å². The van der Waals surface area contributed by atoms with E-state index in [1.54, 1.807) is 16.7 Å². The van der Waals surface area contributed by atoms with Crippen LogP contribution in [-0.2, 0) is 9.47 Å². The Morgan fingerprint density at radius 1 is 1.30 bits per heavy atom. The number of allylic oxidation sites excluding steroid dienone is 1. The summed E-state index contributed by atoms with van der Waals surface area (Å²) < 4.78 is 10.3. The minimum Gasteiger partial charge on any atom is -0.452 e. The van der Waals surface area contributed by atoms with E-state index in [1.807, 2.05) is 31.2 Å². The monoisotopic (exact) mass is 415 g/mol. The molecule has 1 heterocycles. The Bertz CT molecular complexity index is 793. The van der Waals surface area contributed by atoms with E-state index < -0.39 is 12.2 Å². The average molecular weight is 416 g/mol. The quantitative estimate of drug-likeness (QED) is 0.619. The number of carbonyl (C=O) groups excluding carboxylic acids is 2. The molecule has 164 valence electrons. The molecule has 0 N–H and O–H groups in total. The second kappa shape index (κ2) is 9.51. The second-order valence-corrected chi connectivity index (χ2v) is 8.14. The molecule has 0 saturated heterocycles. The summed E-state index contributed by atoms with van der Waals surface area (Å²) in [5.41, 5.74) is 2.46. The van der Waals surface area contributed by atoms with Crippen LogP contribution < -0.4 is 9.80 Å². The van der Waals surface area contributed by atoms with Gasteiger partial charge in [0, 0.05) is 18.5 Å². The van der Waals surface area contributed by atoms with Gasteiger partial charge >= 0.3 is 12.2 Å². The molecule has 1 aliphatic heterocycles. The first-order chi connectivity index (χ1) is 14.4. The first kappa shape index (κ1) is 22.2. The highest BCUT2D eigenvalue weighted by atomic mass is 16.6. The molecule has 1 aromatic rings. The zero-order chi connectivity index (χ0) is 21.8. The number of rotatable bonds is 7. The minimum atomic E-state index is -0.434. The zero-order valence-corrected chi connectivity index (χ0v) is 18.5. The van der Waals surface area contributed by atoms with Crippen LogP contribution in [0.1, 0.15) is 44.6 Å². The van der Waals surface area contributed by atoms with Gasteiger partial charge in [-0.1, -0.05) is 12.1 Å². The third-order valence-electron chi connectivity index (χ3n) is 5.90. The van der Waals surface area contributed by atoms with Crippen LogP contribution in [0.5, 0.6) is 0 Å². The van der Waals surface area contributed by atoms with Crippen molar-refractivity contribution >= 4 is 23.6 Å². The maximum atomic E-state index is 12.7. The number of benzene rings is 1. The van der Waals surface area contributed by atoms with E-state index in [2.05, 4.69) is 18.5 Å². The molecule has 0 bridgehead atoms. The Kier molecular flexibility index (Phi) is 7.02. The smallest absolute Gasteiger partial charge is 0.414 e. The molecular weight excluding hydrogens is 382 g/mol. The molecule has 1 saturated carbocycles. The predicted molar refractivity (Wildman–Crippen MR) is 118 cm³/mol. The van der Waals surface area contributed by atoms with Gasteiger partial charge in [0.05, 0.1) is 37.7 Å². The molecule has 0 spiro atoms. The third-order valence-corrected chi connectivity index (χ3v) is 5.90. The van der Waals surface area contributed by atoms with Crippen LogP contribution in [0.2, 0.25) is 0 Å². The molecule has 0 radical (unpaired) electrons. The SMILES string of the molecule is C=CCC(CN(C)C1CC1)c1ccc2c(c1)N(C(=O)OCC)C[C@H](C)N2C(=O)OC. The van der Waals surface area contributed by atoms with Crippen LogP contribution in [-0.4, -0.2) is 63.0 Å². The Morgan fingerprint density at radius 2 is 2.03 bits per heavy atom. The van der Waals surface area contributed by atoms with Gasteiger partial charge in [0.2, 0.25) is 0 Å². The highest BCUT2D eigenvalue weighted by Crippen LogP contribution is 2.39. The number of carbonyl (C=O) groups is 2. The molecular formula is C23H33N3O4. The van der Waals surface area contributed by atoms with Gasteiger partial charge < -0.3 is 14.4 Å². The molecule has 2 atom stereocenters. The summed E-state index contributed by atoms with van der Waals surface area (Å²) in [5, 5.41) is 0. The Hall–Kier alpha value is -2.54. The summed E-state index contributed by atoms with van der Waals surface area (Å²) in [5.74, 6) is 0.258. The Morgan fingerprint density at radius 3 is 2.63 bits per heavy atom. The van der Waals surface area contributed by atoms with Gasteiger partial charge in [0.25, 0.3) is 0 Å². The van der Waals surface area contributed by atoms with E-state index >= 15 is 0 Å². The fourth-order valence-electron chi connectivity index (χ4n) is 4.18. The number of hydrogen-bond acceptors (Lipinski definition) is 5. The highest BCUT2D eigenvalue weighted by molar-refractivity contribution is 6.00. The van der Waals surface area contributed by atoms with Gasteiger partial charge in [0.1, 0.15) is 0 Å². The molecule has 7 nitrogen and oxygen atoms in total. The lowest BCUT2D eigenvalue weighted by Gasteiger charge is -2.40. The third kappa shape index (κ3) is 4.61. The standard InChI is InChI=1S/C23H33N3O4/c1-6-8-18(15-24(4)19-10-11-19)17-9-12-20-21(13-17)25(22(27)30-7-2)14-16(3)26(20)23(28)29-5/h6,9,12-13,16,18-19H,1,7-8,10-11,14-15H2,2-5H3/t16-,18?/m0/s1. The molecule has 30 heavy (non-hydrogen) atoms.